The lowest BCUT2D eigenvalue weighted by Gasteiger charge is -2.08. The molecule has 3 heterocycles. The standard InChI is InChI=1S/C14H12ClN5OS/c15-12-2-1-11(22-12)14(21)19-6-8-20-7-5-18-13(20)10-9-16-3-4-17-10/h1-5,7,9H,6,8H2,(H,19,21). The first-order valence-corrected chi connectivity index (χ1v) is 7.74. The zero-order chi connectivity index (χ0) is 15.4. The van der Waals surface area contributed by atoms with Gasteiger partial charge in [0.1, 0.15) is 5.69 Å². The lowest BCUT2D eigenvalue weighted by molar-refractivity contribution is 0.0956. The number of hydrogen-bond acceptors (Lipinski definition) is 5. The molecule has 0 aliphatic heterocycles. The molecule has 0 atom stereocenters. The van der Waals surface area contributed by atoms with E-state index in [0.29, 0.717) is 28.0 Å². The molecule has 0 aromatic carbocycles. The monoisotopic (exact) mass is 333 g/mol. The first-order valence-electron chi connectivity index (χ1n) is 6.55. The van der Waals surface area contributed by atoms with E-state index in [1.165, 1.54) is 11.3 Å². The molecule has 0 bridgehead atoms. The van der Waals surface area contributed by atoms with Crippen molar-refractivity contribution < 1.29 is 4.79 Å². The number of thiophene rings is 1. The smallest absolute Gasteiger partial charge is 0.261 e. The van der Waals surface area contributed by atoms with Crippen LogP contribution in [-0.2, 0) is 6.54 Å². The van der Waals surface area contributed by atoms with E-state index >= 15 is 0 Å². The van der Waals surface area contributed by atoms with Crippen LogP contribution in [0.25, 0.3) is 11.5 Å². The molecule has 3 aromatic rings. The van der Waals surface area contributed by atoms with Gasteiger partial charge in [-0.25, -0.2) is 9.97 Å². The topological polar surface area (TPSA) is 72.7 Å². The zero-order valence-corrected chi connectivity index (χ0v) is 13.0. The van der Waals surface area contributed by atoms with Gasteiger partial charge in [-0.3, -0.25) is 9.78 Å². The van der Waals surface area contributed by atoms with E-state index in [9.17, 15) is 4.79 Å². The number of carbonyl (C=O) groups excluding carboxylic acids is 1. The number of hydrogen-bond donors (Lipinski definition) is 1. The Balaban J connectivity index is 1.61. The average molecular weight is 334 g/mol. The van der Waals surface area contributed by atoms with Gasteiger partial charge >= 0.3 is 0 Å². The summed E-state index contributed by atoms with van der Waals surface area (Å²) in [5.41, 5.74) is 0.698. The molecule has 6 nitrogen and oxygen atoms in total. The minimum atomic E-state index is -0.127. The maximum absolute atomic E-state index is 11.9. The van der Waals surface area contributed by atoms with Crippen LogP contribution in [0.1, 0.15) is 9.67 Å². The maximum atomic E-state index is 11.9. The van der Waals surface area contributed by atoms with Gasteiger partial charge in [-0.1, -0.05) is 11.6 Å². The van der Waals surface area contributed by atoms with Gasteiger partial charge in [0.05, 0.1) is 15.4 Å². The van der Waals surface area contributed by atoms with E-state index in [1.54, 1.807) is 36.9 Å². The molecule has 1 amide bonds. The molecule has 112 valence electrons. The molecule has 0 unspecified atom stereocenters. The third-order valence-electron chi connectivity index (χ3n) is 2.94. The lowest BCUT2D eigenvalue weighted by Crippen LogP contribution is -2.26. The van der Waals surface area contributed by atoms with E-state index in [0.717, 1.165) is 5.82 Å². The van der Waals surface area contributed by atoms with Gasteiger partial charge in [0.25, 0.3) is 5.91 Å². The molecule has 1 N–H and O–H groups in total. The van der Waals surface area contributed by atoms with Crippen molar-refractivity contribution in [3.05, 3.63) is 52.3 Å². The normalized spacial score (nSPS) is 10.6. The van der Waals surface area contributed by atoms with Crippen LogP contribution in [0.2, 0.25) is 4.34 Å². The number of aromatic nitrogens is 4. The molecule has 0 fully saturated rings. The van der Waals surface area contributed by atoms with E-state index < -0.39 is 0 Å². The largest absolute Gasteiger partial charge is 0.350 e. The Morgan fingerprint density at radius 1 is 1.27 bits per heavy atom. The highest BCUT2D eigenvalue weighted by atomic mass is 35.5. The number of nitrogens with one attached hydrogen (secondary N) is 1. The summed E-state index contributed by atoms with van der Waals surface area (Å²) in [4.78, 5) is 25.1. The third kappa shape index (κ3) is 3.32. The minimum absolute atomic E-state index is 0.127. The van der Waals surface area contributed by atoms with Crippen molar-refractivity contribution in [1.29, 1.82) is 0 Å². The Hall–Kier alpha value is -2.25. The van der Waals surface area contributed by atoms with E-state index in [4.69, 9.17) is 11.6 Å². The Morgan fingerprint density at radius 2 is 2.18 bits per heavy atom. The molecule has 0 saturated carbocycles. The Labute approximate surface area is 135 Å². The quantitative estimate of drug-likeness (QED) is 0.778. The van der Waals surface area contributed by atoms with Crippen molar-refractivity contribution in [3.63, 3.8) is 0 Å². The summed E-state index contributed by atoms with van der Waals surface area (Å²) in [5.74, 6) is 0.597. The van der Waals surface area contributed by atoms with Crippen molar-refractivity contribution in [2.24, 2.45) is 0 Å². The second-order valence-corrected chi connectivity index (χ2v) is 6.11. The van der Waals surface area contributed by atoms with E-state index in [-0.39, 0.29) is 5.91 Å². The fourth-order valence-corrected chi connectivity index (χ4v) is 2.91. The highest BCUT2D eigenvalue weighted by Gasteiger charge is 2.10. The first-order chi connectivity index (χ1) is 10.7. The summed E-state index contributed by atoms with van der Waals surface area (Å²) >= 11 is 7.08. The Morgan fingerprint density at radius 3 is 2.91 bits per heavy atom. The molecular weight excluding hydrogens is 322 g/mol. The van der Waals surface area contributed by atoms with Crippen LogP contribution in [0.5, 0.6) is 0 Å². The molecule has 8 heteroatoms. The molecule has 0 spiro atoms. The van der Waals surface area contributed by atoms with Crippen molar-refractivity contribution in [2.75, 3.05) is 6.54 Å². The van der Waals surface area contributed by atoms with Crippen LogP contribution in [-0.4, -0.2) is 32.0 Å². The fraction of sp³-hybridized carbons (Fsp3) is 0.143. The Kier molecular flexibility index (Phi) is 4.45. The van der Waals surface area contributed by atoms with Gasteiger partial charge in [0.15, 0.2) is 5.82 Å². The van der Waals surface area contributed by atoms with Crippen molar-refractivity contribution in [1.82, 2.24) is 24.8 Å². The number of rotatable bonds is 5. The number of amides is 1. The molecule has 0 aliphatic carbocycles. The van der Waals surface area contributed by atoms with Crippen LogP contribution >= 0.6 is 22.9 Å². The average Bonchev–Trinajstić information content (AvgIpc) is 3.17. The highest BCUT2D eigenvalue weighted by molar-refractivity contribution is 7.17. The van der Waals surface area contributed by atoms with Gasteiger partial charge in [0, 0.05) is 37.9 Å². The van der Waals surface area contributed by atoms with E-state index in [1.807, 2.05) is 10.8 Å². The molecular formula is C14H12ClN5OS. The first kappa shape index (κ1) is 14.7. The fourth-order valence-electron chi connectivity index (χ4n) is 1.95. The summed E-state index contributed by atoms with van der Waals surface area (Å²) in [6.45, 7) is 1.08. The summed E-state index contributed by atoms with van der Waals surface area (Å²) in [7, 11) is 0. The second-order valence-electron chi connectivity index (χ2n) is 4.39. The molecule has 3 rings (SSSR count). The third-order valence-corrected chi connectivity index (χ3v) is 4.17. The molecule has 0 aliphatic rings. The minimum Gasteiger partial charge on any atom is -0.350 e. The van der Waals surface area contributed by atoms with Crippen LogP contribution in [0.3, 0.4) is 0 Å². The van der Waals surface area contributed by atoms with Gasteiger partial charge < -0.3 is 9.88 Å². The number of carbonyl (C=O) groups is 1. The summed E-state index contributed by atoms with van der Waals surface area (Å²) in [5, 5.41) is 2.86. The number of nitrogens with zero attached hydrogens (tertiary/aromatic N) is 4. The van der Waals surface area contributed by atoms with Gasteiger partial charge in [-0.15, -0.1) is 11.3 Å². The lowest BCUT2D eigenvalue weighted by atomic mass is 10.4. The van der Waals surface area contributed by atoms with Crippen molar-refractivity contribution >= 4 is 28.8 Å². The Bertz CT molecular complexity index is 770. The zero-order valence-electron chi connectivity index (χ0n) is 11.4. The highest BCUT2D eigenvalue weighted by Crippen LogP contribution is 2.21. The molecule has 3 aromatic heterocycles. The predicted octanol–water partition coefficient (Wildman–Crippen LogP) is 2.49. The summed E-state index contributed by atoms with van der Waals surface area (Å²) < 4.78 is 2.52. The van der Waals surface area contributed by atoms with Gasteiger partial charge in [-0.05, 0) is 12.1 Å². The molecule has 22 heavy (non-hydrogen) atoms. The van der Waals surface area contributed by atoms with Gasteiger partial charge in [-0.2, -0.15) is 0 Å². The van der Waals surface area contributed by atoms with Crippen molar-refractivity contribution in [2.45, 2.75) is 6.54 Å². The maximum Gasteiger partial charge on any atom is 0.261 e. The van der Waals surface area contributed by atoms with Crippen LogP contribution in [0.15, 0.2) is 43.1 Å². The van der Waals surface area contributed by atoms with Crippen LogP contribution in [0.4, 0.5) is 0 Å². The van der Waals surface area contributed by atoms with Crippen molar-refractivity contribution in [3.8, 4) is 11.5 Å². The van der Waals surface area contributed by atoms with Crippen LogP contribution in [0, 0.1) is 0 Å². The summed E-state index contributed by atoms with van der Waals surface area (Å²) in [6.07, 6.45) is 8.44. The van der Waals surface area contributed by atoms with Crippen LogP contribution < -0.4 is 5.32 Å². The summed E-state index contributed by atoms with van der Waals surface area (Å²) in [6, 6.07) is 3.42. The number of halogens is 1. The second kappa shape index (κ2) is 6.67. The SMILES string of the molecule is O=C(NCCn1ccnc1-c1cnccn1)c1ccc(Cl)s1. The molecule has 0 radical (unpaired) electrons. The predicted molar refractivity (Wildman–Crippen MR) is 84.9 cm³/mol. The van der Waals surface area contributed by atoms with Gasteiger partial charge in [0.2, 0.25) is 0 Å². The molecule has 0 saturated heterocycles. The number of imidazole rings is 1. The van der Waals surface area contributed by atoms with E-state index in [2.05, 4.69) is 20.3 Å².